The van der Waals surface area contributed by atoms with Crippen molar-refractivity contribution >= 4 is 5.71 Å². The first-order chi connectivity index (χ1) is 4.34. The maximum absolute atomic E-state index is 8.32. The zero-order valence-electron chi connectivity index (χ0n) is 5.28. The summed E-state index contributed by atoms with van der Waals surface area (Å²) < 4.78 is 0. The normalized spacial score (nSPS) is 19.4. The van der Waals surface area contributed by atoms with Gasteiger partial charge >= 0.3 is 0 Å². The van der Waals surface area contributed by atoms with Crippen molar-refractivity contribution in [2.24, 2.45) is 11.1 Å². The molecule has 0 aromatic carbocycles. The highest BCUT2D eigenvalue weighted by molar-refractivity contribution is 5.87. The first kappa shape index (κ1) is 6.08. The summed E-state index contributed by atoms with van der Waals surface area (Å²) in [5.74, 6) is 0.218. The fraction of sp³-hybridized carbons (Fsp3) is 0.286. The van der Waals surface area contributed by atoms with E-state index >= 15 is 0 Å². The van der Waals surface area contributed by atoms with E-state index in [-0.39, 0.29) is 5.92 Å². The molecule has 2 heteroatoms. The van der Waals surface area contributed by atoms with Crippen LogP contribution in [0.15, 0.2) is 29.5 Å². The second-order valence-corrected chi connectivity index (χ2v) is 2.04. The third-order valence-electron chi connectivity index (χ3n) is 1.39. The predicted molar refractivity (Wildman–Crippen MR) is 36.7 cm³/mol. The van der Waals surface area contributed by atoms with E-state index in [1.54, 1.807) is 6.92 Å². The van der Waals surface area contributed by atoms with Crippen LogP contribution in [0.4, 0.5) is 0 Å². The van der Waals surface area contributed by atoms with Gasteiger partial charge in [-0.15, -0.1) is 0 Å². The molecule has 0 spiro atoms. The zero-order chi connectivity index (χ0) is 6.69. The van der Waals surface area contributed by atoms with Gasteiger partial charge in [-0.1, -0.05) is 29.5 Å². The molecular formula is C7H9NO. The van der Waals surface area contributed by atoms with Crippen LogP contribution >= 0.6 is 0 Å². The number of hydrogen-bond acceptors (Lipinski definition) is 2. The predicted octanol–water partition coefficient (Wildman–Crippen LogP) is 1.58. The Morgan fingerprint density at radius 3 is 2.44 bits per heavy atom. The van der Waals surface area contributed by atoms with Crippen molar-refractivity contribution in [3.63, 3.8) is 0 Å². The van der Waals surface area contributed by atoms with Gasteiger partial charge in [-0.3, -0.25) is 0 Å². The Morgan fingerprint density at radius 1 is 1.44 bits per heavy atom. The van der Waals surface area contributed by atoms with Gasteiger partial charge in [0.05, 0.1) is 5.71 Å². The number of allylic oxidation sites excluding steroid dienone is 4. The Hall–Kier alpha value is -1.05. The lowest BCUT2D eigenvalue weighted by molar-refractivity contribution is 0.317. The smallest absolute Gasteiger partial charge is 0.0646 e. The van der Waals surface area contributed by atoms with Crippen LogP contribution in [-0.4, -0.2) is 10.9 Å². The minimum atomic E-state index is 0.218. The largest absolute Gasteiger partial charge is 0.411 e. The highest BCUT2D eigenvalue weighted by Crippen LogP contribution is 2.09. The maximum Gasteiger partial charge on any atom is 0.0646 e. The van der Waals surface area contributed by atoms with E-state index in [9.17, 15) is 0 Å². The first-order valence-corrected chi connectivity index (χ1v) is 2.88. The fourth-order valence-corrected chi connectivity index (χ4v) is 0.777. The molecule has 0 fully saturated rings. The van der Waals surface area contributed by atoms with Crippen molar-refractivity contribution in [2.75, 3.05) is 0 Å². The molecule has 1 aliphatic carbocycles. The van der Waals surface area contributed by atoms with Crippen LogP contribution < -0.4 is 0 Å². The molecule has 0 saturated carbocycles. The highest BCUT2D eigenvalue weighted by atomic mass is 16.4. The minimum Gasteiger partial charge on any atom is -0.411 e. The van der Waals surface area contributed by atoms with Gasteiger partial charge in [0.25, 0.3) is 0 Å². The molecule has 0 aromatic heterocycles. The second kappa shape index (κ2) is 2.49. The first-order valence-electron chi connectivity index (χ1n) is 2.88. The Morgan fingerprint density at radius 2 is 2.00 bits per heavy atom. The lowest BCUT2D eigenvalue weighted by atomic mass is 10.1. The Labute approximate surface area is 54.2 Å². The van der Waals surface area contributed by atoms with Crippen molar-refractivity contribution in [3.05, 3.63) is 24.3 Å². The molecule has 0 aromatic rings. The maximum atomic E-state index is 8.32. The van der Waals surface area contributed by atoms with Crippen LogP contribution in [0.2, 0.25) is 0 Å². The average molecular weight is 123 g/mol. The number of oxime groups is 1. The summed E-state index contributed by atoms with van der Waals surface area (Å²) in [6.07, 6.45) is 7.85. The molecule has 0 radical (unpaired) electrons. The lowest BCUT2D eigenvalue weighted by Gasteiger charge is -1.98. The number of hydrogen-bond donors (Lipinski definition) is 1. The summed E-state index contributed by atoms with van der Waals surface area (Å²) in [7, 11) is 0. The summed E-state index contributed by atoms with van der Waals surface area (Å²) in [5, 5.41) is 11.4. The zero-order valence-corrected chi connectivity index (χ0v) is 5.28. The van der Waals surface area contributed by atoms with Crippen molar-refractivity contribution in [3.8, 4) is 0 Å². The Balaban J connectivity index is 2.64. The number of rotatable bonds is 1. The van der Waals surface area contributed by atoms with Crippen LogP contribution in [0.5, 0.6) is 0 Å². The van der Waals surface area contributed by atoms with Gasteiger partial charge in [-0.25, -0.2) is 0 Å². The molecule has 0 atom stereocenters. The van der Waals surface area contributed by atoms with Crippen molar-refractivity contribution in [1.82, 2.24) is 0 Å². The summed E-state index contributed by atoms with van der Waals surface area (Å²) in [6, 6.07) is 0. The topological polar surface area (TPSA) is 32.6 Å². The van der Waals surface area contributed by atoms with Crippen molar-refractivity contribution in [2.45, 2.75) is 6.92 Å². The minimum absolute atomic E-state index is 0.218. The third kappa shape index (κ3) is 1.19. The molecule has 0 heterocycles. The highest BCUT2D eigenvalue weighted by Gasteiger charge is 2.06. The molecule has 48 valence electrons. The van der Waals surface area contributed by atoms with E-state index in [1.807, 2.05) is 24.3 Å². The van der Waals surface area contributed by atoms with Crippen LogP contribution in [-0.2, 0) is 0 Å². The van der Waals surface area contributed by atoms with Crippen LogP contribution in [0.25, 0.3) is 0 Å². The van der Waals surface area contributed by atoms with E-state index in [0.717, 1.165) is 5.71 Å². The summed E-state index contributed by atoms with van der Waals surface area (Å²) >= 11 is 0. The molecule has 1 rings (SSSR count). The number of nitrogens with zero attached hydrogens (tertiary/aromatic N) is 1. The summed E-state index contributed by atoms with van der Waals surface area (Å²) in [6.45, 7) is 1.80. The standard InChI is InChI=1S/C7H9NO/c1-6(8-9)7-4-2-3-5-7/h2-5,7,9H,1H3/b8-6+. The van der Waals surface area contributed by atoms with Gasteiger partial charge < -0.3 is 5.21 Å². The van der Waals surface area contributed by atoms with Crippen LogP contribution in [0.3, 0.4) is 0 Å². The molecule has 9 heavy (non-hydrogen) atoms. The van der Waals surface area contributed by atoms with Crippen molar-refractivity contribution in [1.29, 1.82) is 0 Å². The Bertz CT molecular complexity index is 167. The van der Waals surface area contributed by atoms with Crippen LogP contribution in [0, 0.1) is 5.92 Å². The lowest BCUT2D eigenvalue weighted by Crippen LogP contribution is -2.02. The quantitative estimate of drug-likeness (QED) is 0.320. The van der Waals surface area contributed by atoms with Gasteiger partial charge in [0.1, 0.15) is 0 Å². The molecule has 0 saturated heterocycles. The van der Waals surface area contributed by atoms with E-state index in [2.05, 4.69) is 5.16 Å². The fourth-order valence-electron chi connectivity index (χ4n) is 0.777. The molecule has 0 aliphatic heterocycles. The van der Waals surface area contributed by atoms with E-state index < -0.39 is 0 Å². The average Bonchev–Trinajstić information content (AvgIpc) is 2.37. The molecule has 0 amide bonds. The van der Waals surface area contributed by atoms with Gasteiger partial charge in [-0.2, -0.15) is 0 Å². The van der Waals surface area contributed by atoms with Crippen LogP contribution in [0.1, 0.15) is 6.92 Å². The van der Waals surface area contributed by atoms with E-state index in [1.165, 1.54) is 0 Å². The molecule has 2 nitrogen and oxygen atoms in total. The second-order valence-electron chi connectivity index (χ2n) is 2.04. The summed E-state index contributed by atoms with van der Waals surface area (Å²) in [5.41, 5.74) is 0.736. The third-order valence-corrected chi connectivity index (χ3v) is 1.39. The molecule has 0 bridgehead atoms. The molecule has 1 N–H and O–H groups in total. The van der Waals surface area contributed by atoms with Gasteiger partial charge in [0, 0.05) is 5.92 Å². The SMILES string of the molecule is C/C(=N\O)C1C=CC=C1. The van der Waals surface area contributed by atoms with Crippen molar-refractivity contribution < 1.29 is 5.21 Å². The van der Waals surface area contributed by atoms with Gasteiger partial charge in [-0.05, 0) is 6.92 Å². The van der Waals surface area contributed by atoms with Gasteiger partial charge in [0.15, 0.2) is 0 Å². The monoisotopic (exact) mass is 123 g/mol. The summed E-state index contributed by atoms with van der Waals surface area (Å²) in [4.78, 5) is 0. The van der Waals surface area contributed by atoms with E-state index in [0.29, 0.717) is 0 Å². The molecule has 0 unspecified atom stereocenters. The Kier molecular flexibility index (Phi) is 1.68. The molecule has 1 aliphatic rings. The van der Waals surface area contributed by atoms with E-state index in [4.69, 9.17) is 5.21 Å². The molecular weight excluding hydrogens is 114 g/mol. The van der Waals surface area contributed by atoms with Gasteiger partial charge in [0.2, 0.25) is 0 Å².